The van der Waals surface area contributed by atoms with Crippen LogP contribution in [0.4, 0.5) is 0 Å². The molecule has 6 heteroatoms. The molecule has 0 aliphatic rings. The summed E-state index contributed by atoms with van der Waals surface area (Å²) in [5.74, 6) is 2.12. The van der Waals surface area contributed by atoms with Gasteiger partial charge in [0.25, 0.3) is 0 Å². The second kappa shape index (κ2) is 4.67. The van der Waals surface area contributed by atoms with E-state index < -0.39 is 0 Å². The lowest BCUT2D eigenvalue weighted by atomic mass is 10.0. The van der Waals surface area contributed by atoms with Gasteiger partial charge in [0.05, 0.1) is 6.04 Å². The first-order valence-electron chi connectivity index (χ1n) is 5.64. The van der Waals surface area contributed by atoms with Gasteiger partial charge >= 0.3 is 0 Å². The molecule has 92 valence electrons. The third-order valence-electron chi connectivity index (χ3n) is 2.51. The summed E-state index contributed by atoms with van der Waals surface area (Å²) in [7, 11) is 1.88. The van der Waals surface area contributed by atoms with Gasteiger partial charge in [0, 0.05) is 19.4 Å². The Hall–Kier alpha value is -1.69. The molecule has 2 heterocycles. The number of nitrogens with zero attached hydrogens (tertiary/aromatic N) is 4. The maximum absolute atomic E-state index is 5.98. The van der Waals surface area contributed by atoms with Crippen molar-refractivity contribution in [2.75, 3.05) is 0 Å². The summed E-state index contributed by atoms with van der Waals surface area (Å²) in [5.41, 5.74) is 5.98. The summed E-state index contributed by atoms with van der Waals surface area (Å²) in [6, 6.07) is -0.212. The van der Waals surface area contributed by atoms with Crippen LogP contribution in [0.3, 0.4) is 0 Å². The summed E-state index contributed by atoms with van der Waals surface area (Å²) in [6.45, 7) is 4.21. The van der Waals surface area contributed by atoms with Crippen molar-refractivity contribution in [2.24, 2.45) is 18.7 Å². The maximum Gasteiger partial charge on any atom is 0.243 e. The number of aryl methyl sites for hydroxylation is 1. The van der Waals surface area contributed by atoms with E-state index in [1.54, 1.807) is 6.20 Å². The van der Waals surface area contributed by atoms with Gasteiger partial charge in [-0.2, -0.15) is 4.98 Å². The van der Waals surface area contributed by atoms with Crippen LogP contribution in [0, 0.1) is 5.92 Å². The molecular weight excluding hydrogens is 218 g/mol. The molecule has 6 nitrogen and oxygen atoms in total. The Morgan fingerprint density at radius 1 is 1.47 bits per heavy atom. The van der Waals surface area contributed by atoms with E-state index in [0.717, 1.165) is 6.42 Å². The van der Waals surface area contributed by atoms with Crippen LogP contribution in [0.2, 0.25) is 0 Å². The average molecular weight is 235 g/mol. The van der Waals surface area contributed by atoms with Crippen molar-refractivity contribution in [3.63, 3.8) is 0 Å². The largest absolute Gasteiger partial charge is 0.337 e. The third-order valence-corrected chi connectivity index (χ3v) is 2.51. The van der Waals surface area contributed by atoms with E-state index in [0.29, 0.717) is 23.5 Å². The Morgan fingerprint density at radius 2 is 2.24 bits per heavy atom. The van der Waals surface area contributed by atoms with Crippen LogP contribution in [0.1, 0.15) is 32.2 Å². The highest BCUT2D eigenvalue weighted by Crippen LogP contribution is 2.19. The molecule has 0 saturated heterocycles. The lowest BCUT2D eigenvalue weighted by Crippen LogP contribution is -2.13. The number of imidazole rings is 1. The van der Waals surface area contributed by atoms with Crippen molar-refractivity contribution in [1.29, 1.82) is 0 Å². The SMILES string of the molecule is CC(C)C[C@@H](N)c1nc(-c2nccn2C)no1. The third kappa shape index (κ3) is 2.52. The predicted octanol–water partition coefficient (Wildman–Crippen LogP) is 1.52. The van der Waals surface area contributed by atoms with Crippen LogP contribution in [-0.2, 0) is 7.05 Å². The van der Waals surface area contributed by atoms with Gasteiger partial charge in [-0.3, -0.25) is 0 Å². The zero-order valence-corrected chi connectivity index (χ0v) is 10.3. The van der Waals surface area contributed by atoms with Crippen molar-refractivity contribution in [2.45, 2.75) is 26.3 Å². The highest BCUT2D eigenvalue weighted by molar-refractivity contribution is 5.42. The van der Waals surface area contributed by atoms with Gasteiger partial charge in [-0.05, 0) is 12.3 Å². The van der Waals surface area contributed by atoms with Crippen molar-refractivity contribution in [1.82, 2.24) is 19.7 Å². The van der Waals surface area contributed by atoms with E-state index in [9.17, 15) is 0 Å². The van der Waals surface area contributed by atoms with Gasteiger partial charge in [0.2, 0.25) is 11.7 Å². The fraction of sp³-hybridized carbons (Fsp3) is 0.545. The first-order chi connectivity index (χ1) is 8.08. The van der Waals surface area contributed by atoms with E-state index in [1.807, 2.05) is 17.8 Å². The summed E-state index contributed by atoms with van der Waals surface area (Å²) in [6.07, 6.45) is 4.35. The Labute approximate surface area is 99.8 Å². The summed E-state index contributed by atoms with van der Waals surface area (Å²) >= 11 is 0. The number of aromatic nitrogens is 4. The molecule has 0 spiro atoms. The minimum Gasteiger partial charge on any atom is -0.337 e. The number of rotatable bonds is 4. The molecule has 0 radical (unpaired) electrons. The smallest absolute Gasteiger partial charge is 0.243 e. The number of nitrogens with two attached hydrogens (primary N) is 1. The Bertz CT molecular complexity index is 488. The van der Waals surface area contributed by atoms with Gasteiger partial charge in [-0.15, -0.1) is 0 Å². The zero-order chi connectivity index (χ0) is 12.4. The quantitative estimate of drug-likeness (QED) is 0.868. The second-order valence-corrected chi connectivity index (χ2v) is 4.55. The molecule has 2 aromatic heterocycles. The Balaban J connectivity index is 2.19. The van der Waals surface area contributed by atoms with Crippen LogP contribution in [-0.4, -0.2) is 19.7 Å². The minimum absolute atomic E-state index is 0.212. The van der Waals surface area contributed by atoms with Crippen LogP contribution < -0.4 is 5.73 Å². The monoisotopic (exact) mass is 235 g/mol. The van der Waals surface area contributed by atoms with Crippen molar-refractivity contribution in [3.05, 3.63) is 18.3 Å². The van der Waals surface area contributed by atoms with Crippen LogP contribution >= 0.6 is 0 Å². The molecule has 2 N–H and O–H groups in total. The summed E-state index contributed by atoms with van der Waals surface area (Å²) in [4.78, 5) is 8.44. The predicted molar refractivity (Wildman–Crippen MR) is 62.9 cm³/mol. The van der Waals surface area contributed by atoms with Gasteiger partial charge in [-0.1, -0.05) is 19.0 Å². The first kappa shape index (κ1) is 11.8. The minimum atomic E-state index is -0.212. The molecule has 17 heavy (non-hydrogen) atoms. The van der Waals surface area contributed by atoms with Gasteiger partial charge in [0.15, 0.2) is 5.82 Å². The molecule has 0 aliphatic carbocycles. The van der Waals surface area contributed by atoms with Gasteiger partial charge < -0.3 is 14.8 Å². The normalized spacial score (nSPS) is 13.2. The fourth-order valence-corrected chi connectivity index (χ4v) is 1.67. The standard InChI is InChI=1S/C11H17N5O/c1-7(2)6-8(12)11-14-9(15-17-11)10-13-4-5-16(10)3/h4-5,7-8H,6,12H2,1-3H3/t8-/m1/s1. The average Bonchev–Trinajstić information content (AvgIpc) is 2.84. The fourth-order valence-electron chi connectivity index (χ4n) is 1.67. The van der Waals surface area contributed by atoms with Crippen LogP contribution in [0.15, 0.2) is 16.9 Å². The molecule has 2 aromatic rings. The Morgan fingerprint density at radius 3 is 2.82 bits per heavy atom. The highest BCUT2D eigenvalue weighted by Gasteiger charge is 2.18. The topological polar surface area (TPSA) is 82.8 Å². The molecule has 0 aromatic carbocycles. The zero-order valence-electron chi connectivity index (χ0n) is 10.3. The molecule has 0 unspecified atom stereocenters. The molecular formula is C11H17N5O. The molecule has 2 rings (SSSR count). The van der Waals surface area contributed by atoms with E-state index in [-0.39, 0.29) is 6.04 Å². The molecule has 0 amide bonds. The van der Waals surface area contributed by atoms with E-state index in [1.165, 1.54) is 0 Å². The second-order valence-electron chi connectivity index (χ2n) is 4.55. The summed E-state index contributed by atoms with van der Waals surface area (Å²) < 4.78 is 7.00. The number of hydrogen-bond donors (Lipinski definition) is 1. The van der Waals surface area contributed by atoms with Gasteiger partial charge in [-0.25, -0.2) is 4.98 Å². The van der Waals surface area contributed by atoms with Crippen molar-refractivity contribution < 1.29 is 4.52 Å². The van der Waals surface area contributed by atoms with E-state index >= 15 is 0 Å². The summed E-state index contributed by atoms with van der Waals surface area (Å²) in [5, 5.41) is 3.90. The molecule has 0 saturated carbocycles. The Kier molecular flexibility index (Phi) is 3.23. The first-order valence-corrected chi connectivity index (χ1v) is 5.64. The van der Waals surface area contributed by atoms with Crippen molar-refractivity contribution in [3.8, 4) is 11.6 Å². The van der Waals surface area contributed by atoms with Crippen molar-refractivity contribution >= 4 is 0 Å². The number of hydrogen-bond acceptors (Lipinski definition) is 5. The molecule has 0 aliphatic heterocycles. The highest BCUT2D eigenvalue weighted by atomic mass is 16.5. The maximum atomic E-state index is 5.98. The molecule has 0 bridgehead atoms. The lowest BCUT2D eigenvalue weighted by Gasteiger charge is -2.08. The molecule has 1 atom stereocenters. The lowest BCUT2D eigenvalue weighted by molar-refractivity contribution is 0.335. The van der Waals surface area contributed by atoms with Gasteiger partial charge in [0.1, 0.15) is 0 Å². The molecule has 0 fully saturated rings. The van der Waals surface area contributed by atoms with E-state index in [4.69, 9.17) is 10.3 Å². The van der Waals surface area contributed by atoms with Crippen LogP contribution in [0.5, 0.6) is 0 Å². The van der Waals surface area contributed by atoms with Crippen LogP contribution in [0.25, 0.3) is 11.6 Å². The van der Waals surface area contributed by atoms with E-state index in [2.05, 4.69) is 29.0 Å².